The Morgan fingerprint density at radius 2 is 1.46 bits per heavy atom. The monoisotopic (exact) mass is 468 g/mol. The van der Waals surface area contributed by atoms with Crippen LogP contribution in [0.3, 0.4) is 0 Å². The smallest absolute Gasteiger partial charge is 0.261 e. The number of hydrogen-bond donors (Lipinski definition) is 4. The van der Waals surface area contributed by atoms with Gasteiger partial charge in [0.25, 0.3) is 5.91 Å². The third kappa shape index (κ3) is 6.32. The molecule has 0 saturated heterocycles. The molecule has 4 aromatic rings. The van der Waals surface area contributed by atoms with Gasteiger partial charge in [-0.3, -0.25) is 9.59 Å². The van der Waals surface area contributed by atoms with Crippen LogP contribution < -0.4 is 26.0 Å². The highest BCUT2D eigenvalue weighted by molar-refractivity contribution is 6.07. The topological polar surface area (TPSA) is 117 Å². The molecule has 4 N–H and O–H groups in total. The lowest BCUT2D eigenvalue weighted by Crippen LogP contribution is -2.16. The maximum absolute atomic E-state index is 13.1. The van der Waals surface area contributed by atoms with E-state index in [1.807, 2.05) is 48.5 Å². The van der Waals surface area contributed by atoms with Gasteiger partial charge < -0.3 is 26.0 Å². The zero-order valence-corrected chi connectivity index (χ0v) is 19.2. The molecule has 0 aliphatic rings. The van der Waals surface area contributed by atoms with E-state index >= 15 is 0 Å². The van der Waals surface area contributed by atoms with Crippen LogP contribution in [0.4, 0.5) is 34.5 Å². The number of amides is 2. The zero-order valence-electron chi connectivity index (χ0n) is 19.2. The van der Waals surface area contributed by atoms with Crippen molar-refractivity contribution in [3.05, 3.63) is 90.6 Å². The fourth-order valence-corrected chi connectivity index (χ4v) is 3.27. The number of aromatic nitrogens is 2. The summed E-state index contributed by atoms with van der Waals surface area (Å²) in [5.41, 5.74) is 2.87. The van der Waals surface area contributed by atoms with Crippen molar-refractivity contribution in [1.82, 2.24) is 9.97 Å². The van der Waals surface area contributed by atoms with Gasteiger partial charge >= 0.3 is 0 Å². The molecule has 4 rings (SSSR count). The number of carbonyl (C=O) groups excluding carboxylic acids is 2. The first-order valence-corrected chi connectivity index (χ1v) is 10.8. The molecule has 1 aromatic heterocycles. The van der Waals surface area contributed by atoms with Gasteiger partial charge in [-0.1, -0.05) is 30.3 Å². The van der Waals surface area contributed by atoms with Crippen molar-refractivity contribution in [3.8, 4) is 5.75 Å². The highest BCUT2D eigenvalue weighted by Gasteiger charge is 2.16. The summed E-state index contributed by atoms with van der Waals surface area (Å²) in [5.74, 6) is 0.706. The minimum atomic E-state index is -0.371. The molecule has 1 heterocycles. The number of rotatable bonds is 8. The molecule has 0 saturated carbocycles. The van der Waals surface area contributed by atoms with E-state index in [-0.39, 0.29) is 23.3 Å². The Balaban J connectivity index is 1.66. The lowest BCUT2D eigenvalue weighted by Gasteiger charge is -2.14. The van der Waals surface area contributed by atoms with Gasteiger partial charge in [0.2, 0.25) is 11.9 Å². The number of methoxy groups -OCH3 is 1. The van der Waals surface area contributed by atoms with Crippen molar-refractivity contribution in [3.63, 3.8) is 0 Å². The van der Waals surface area contributed by atoms with E-state index in [9.17, 15) is 9.59 Å². The van der Waals surface area contributed by atoms with Crippen molar-refractivity contribution in [2.45, 2.75) is 6.92 Å². The minimum Gasteiger partial charge on any atom is -0.497 e. The third-order valence-corrected chi connectivity index (χ3v) is 4.84. The molecule has 9 nitrogen and oxygen atoms in total. The first-order valence-electron chi connectivity index (χ1n) is 10.8. The first kappa shape index (κ1) is 23.2. The number of carbonyl (C=O) groups is 2. The molecule has 0 unspecified atom stereocenters. The summed E-state index contributed by atoms with van der Waals surface area (Å²) in [7, 11) is 1.59. The molecular weight excluding hydrogens is 444 g/mol. The quantitative estimate of drug-likeness (QED) is 0.281. The van der Waals surface area contributed by atoms with Gasteiger partial charge in [-0.05, 0) is 42.5 Å². The third-order valence-electron chi connectivity index (χ3n) is 4.84. The molecule has 2 amide bonds. The summed E-state index contributed by atoms with van der Waals surface area (Å²) in [6, 6.07) is 23.6. The Morgan fingerprint density at radius 1 is 0.771 bits per heavy atom. The van der Waals surface area contributed by atoms with Gasteiger partial charge in [-0.2, -0.15) is 4.98 Å². The second kappa shape index (κ2) is 10.8. The predicted molar refractivity (Wildman–Crippen MR) is 137 cm³/mol. The average Bonchev–Trinajstić information content (AvgIpc) is 2.85. The predicted octanol–water partition coefficient (Wildman–Crippen LogP) is 5.18. The molecule has 35 heavy (non-hydrogen) atoms. The van der Waals surface area contributed by atoms with Gasteiger partial charge in [0.1, 0.15) is 17.1 Å². The van der Waals surface area contributed by atoms with Crippen LogP contribution in [0.15, 0.2) is 85.1 Å². The first-order chi connectivity index (χ1) is 17.0. The van der Waals surface area contributed by atoms with E-state index in [2.05, 4.69) is 31.2 Å². The van der Waals surface area contributed by atoms with Crippen molar-refractivity contribution in [2.24, 2.45) is 0 Å². The van der Waals surface area contributed by atoms with Gasteiger partial charge in [-0.25, -0.2) is 4.98 Å². The van der Waals surface area contributed by atoms with Crippen LogP contribution in [0.5, 0.6) is 5.75 Å². The Labute approximate surface area is 202 Å². The molecule has 176 valence electrons. The molecule has 0 aliphatic carbocycles. The highest BCUT2D eigenvalue weighted by Crippen LogP contribution is 2.25. The summed E-state index contributed by atoms with van der Waals surface area (Å²) < 4.78 is 5.27. The number of benzene rings is 3. The Hall–Kier alpha value is -4.92. The van der Waals surface area contributed by atoms with E-state index in [4.69, 9.17) is 4.74 Å². The van der Waals surface area contributed by atoms with Crippen LogP contribution in [0.25, 0.3) is 0 Å². The van der Waals surface area contributed by atoms with Gasteiger partial charge in [0, 0.05) is 41.9 Å². The van der Waals surface area contributed by atoms with Crippen LogP contribution in [0.2, 0.25) is 0 Å². The molecule has 0 spiro atoms. The van der Waals surface area contributed by atoms with E-state index in [1.165, 1.54) is 13.1 Å². The SMILES string of the molecule is COc1cccc(Nc2ncc(C(=O)Nc3ccccc3)c(Nc3cccc(NC(C)=O)c3)n2)c1. The largest absolute Gasteiger partial charge is 0.497 e. The van der Waals surface area contributed by atoms with Gasteiger partial charge in [-0.15, -0.1) is 0 Å². The number of anilines is 6. The Morgan fingerprint density at radius 3 is 2.20 bits per heavy atom. The molecule has 0 radical (unpaired) electrons. The van der Waals surface area contributed by atoms with E-state index in [0.29, 0.717) is 28.6 Å². The Kier molecular flexibility index (Phi) is 7.17. The van der Waals surface area contributed by atoms with E-state index in [0.717, 1.165) is 5.69 Å². The van der Waals surface area contributed by atoms with Crippen LogP contribution in [0, 0.1) is 0 Å². The number of para-hydroxylation sites is 1. The molecule has 0 fully saturated rings. The number of nitrogens with one attached hydrogen (secondary N) is 4. The number of ether oxygens (including phenoxy) is 1. The normalized spacial score (nSPS) is 10.2. The summed E-state index contributed by atoms with van der Waals surface area (Å²) in [6.45, 7) is 1.44. The van der Waals surface area contributed by atoms with Crippen LogP contribution >= 0.6 is 0 Å². The average molecular weight is 469 g/mol. The fourth-order valence-electron chi connectivity index (χ4n) is 3.27. The number of nitrogens with zero attached hydrogens (tertiary/aromatic N) is 2. The van der Waals surface area contributed by atoms with Crippen LogP contribution in [-0.2, 0) is 4.79 Å². The molecular formula is C26H24N6O3. The molecule has 0 aliphatic heterocycles. The summed E-state index contributed by atoms with van der Waals surface area (Å²) in [5, 5.41) is 11.9. The van der Waals surface area contributed by atoms with Crippen LogP contribution in [0.1, 0.15) is 17.3 Å². The van der Waals surface area contributed by atoms with Crippen molar-refractivity contribution in [1.29, 1.82) is 0 Å². The maximum atomic E-state index is 13.1. The number of hydrogen-bond acceptors (Lipinski definition) is 7. The minimum absolute atomic E-state index is 0.183. The summed E-state index contributed by atoms with van der Waals surface area (Å²) in [6.07, 6.45) is 1.45. The lowest BCUT2D eigenvalue weighted by molar-refractivity contribution is -0.114. The zero-order chi connectivity index (χ0) is 24.6. The van der Waals surface area contributed by atoms with Crippen LogP contribution in [-0.4, -0.2) is 28.9 Å². The second-order valence-corrected chi connectivity index (χ2v) is 7.52. The molecule has 0 bridgehead atoms. The van der Waals surface area contributed by atoms with Crippen molar-refractivity contribution < 1.29 is 14.3 Å². The van der Waals surface area contributed by atoms with Gasteiger partial charge in [0.15, 0.2) is 0 Å². The standard InChI is InChI=1S/C26H24N6O3/c1-17(33)28-19-10-6-11-20(14-19)29-24-23(25(34)30-18-8-4-3-5-9-18)16-27-26(32-24)31-21-12-7-13-22(15-21)35-2/h3-16H,1-2H3,(H,28,33)(H,30,34)(H2,27,29,31,32). The maximum Gasteiger partial charge on any atom is 0.261 e. The summed E-state index contributed by atoms with van der Waals surface area (Å²) in [4.78, 5) is 33.4. The van der Waals surface area contributed by atoms with Crippen molar-refractivity contribution >= 4 is 46.3 Å². The van der Waals surface area contributed by atoms with Crippen molar-refractivity contribution in [2.75, 3.05) is 28.4 Å². The second-order valence-electron chi connectivity index (χ2n) is 7.52. The van der Waals surface area contributed by atoms with E-state index in [1.54, 1.807) is 37.4 Å². The molecule has 3 aromatic carbocycles. The van der Waals surface area contributed by atoms with Gasteiger partial charge in [0.05, 0.1) is 7.11 Å². The lowest BCUT2D eigenvalue weighted by atomic mass is 10.2. The Bertz CT molecular complexity index is 1340. The fraction of sp³-hybridized carbons (Fsp3) is 0.0769. The summed E-state index contributed by atoms with van der Waals surface area (Å²) >= 11 is 0. The van der Waals surface area contributed by atoms with E-state index < -0.39 is 0 Å². The molecule has 0 atom stereocenters. The molecule has 9 heteroatoms. The highest BCUT2D eigenvalue weighted by atomic mass is 16.5.